The zero-order valence-corrected chi connectivity index (χ0v) is 7.08. The van der Waals surface area contributed by atoms with E-state index in [1.54, 1.807) is 0 Å². The summed E-state index contributed by atoms with van der Waals surface area (Å²) >= 11 is 0. The van der Waals surface area contributed by atoms with Crippen LogP contribution in [0.25, 0.3) is 0 Å². The summed E-state index contributed by atoms with van der Waals surface area (Å²) in [5.41, 5.74) is -0.151. The summed E-state index contributed by atoms with van der Waals surface area (Å²) < 4.78 is 0. The van der Waals surface area contributed by atoms with Gasteiger partial charge in [0.1, 0.15) is 18.5 Å². The minimum Gasteiger partial charge on any atom is -0.478 e. The van der Waals surface area contributed by atoms with Gasteiger partial charge in [-0.05, 0) is 12.1 Å². The van der Waals surface area contributed by atoms with Gasteiger partial charge in [-0.15, -0.1) is 0 Å². The second-order valence-electron chi connectivity index (χ2n) is 2.54. The molecular formula is C9H7NO4. The molecule has 1 aromatic rings. The van der Waals surface area contributed by atoms with Gasteiger partial charge < -0.3 is 14.7 Å². The lowest BCUT2D eigenvalue weighted by atomic mass is 10.0. The van der Waals surface area contributed by atoms with Gasteiger partial charge in [-0.1, -0.05) is 0 Å². The van der Waals surface area contributed by atoms with E-state index in [4.69, 9.17) is 5.11 Å². The molecule has 1 N–H and O–H groups in total. The fourth-order valence-electron chi connectivity index (χ4n) is 1.02. The number of aldehydes is 2. The van der Waals surface area contributed by atoms with E-state index in [0.717, 1.165) is 0 Å². The van der Waals surface area contributed by atoms with Crippen LogP contribution >= 0.6 is 0 Å². The van der Waals surface area contributed by atoms with Gasteiger partial charge in [0.2, 0.25) is 0 Å². The zero-order chi connectivity index (χ0) is 10.6. The zero-order valence-electron chi connectivity index (χ0n) is 7.08. The Kier molecular flexibility index (Phi) is 3.06. The summed E-state index contributed by atoms with van der Waals surface area (Å²) in [6.45, 7) is 0. The third-order valence-electron chi connectivity index (χ3n) is 1.68. The van der Waals surface area contributed by atoms with Crippen molar-refractivity contribution in [3.8, 4) is 0 Å². The SMILES string of the molecule is O=CC(C=O)c1ncccc1C(=O)O. The monoisotopic (exact) mass is 193 g/mol. The van der Waals surface area contributed by atoms with Crippen molar-refractivity contribution in [2.45, 2.75) is 5.92 Å². The van der Waals surface area contributed by atoms with E-state index in [1.807, 2.05) is 0 Å². The Hall–Kier alpha value is -2.04. The summed E-state index contributed by atoms with van der Waals surface area (Å²) in [5, 5.41) is 8.73. The predicted molar refractivity (Wildman–Crippen MR) is 46.1 cm³/mol. The molecule has 0 unspecified atom stereocenters. The summed E-state index contributed by atoms with van der Waals surface area (Å²) in [5.74, 6) is -2.32. The minimum absolute atomic E-state index is 0.0231. The highest BCUT2D eigenvalue weighted by molar-refractivity contribution is 5.94. The number of aromatic carboxylic acids is 1. The molecule has 0 saturated carbocycles. The van der Waals surface area contributed by atoms with Crippen LogP contribution in [0.2, 0.25) is 0 Å². The Morgan fingerprint density at radius 1 is 1.43 bits per heavy atom. The summed E-state index contributed by atoms with van der Waals surface area (Å²) in [6, 6.07) is 2.73. The first-order chi connectivity index (χ1) is 6.70. The van der Waals surface area contributed by atoms with Crippen molar-refractivity contribution >= 4 is 18.5 Å². The average molecular weight is 193 g/mol. The molecule has 1 heterocycles. The maximum atomic E-state index is 10.7. The molecule has 0 radical (unpaired) electrons. The molecular weight excluding hydrogens is 186 g/mol. The number of carbonyl (C=O) groups is 3. The standard InChI is InChI=1S/C9H7NO4/c11-4-6(5-12)8-7(9(13)14)2-1-3-10-8/h1-6H,(H,13,14). The van der Waals surface area contributed by atoms with Gasteiger partial charge in [0.25, 0.3) is 0 Å². The Morgan fingerprint density at radius 2 is 2.07 bits per heavy atom. The number of hydrogen-bond acceptors (Lipinski definition) is 4. The molecule has 1 aromatic heterocycles. The third kappa shape index (κ3) is 1.82. The molecule has 0 saturated heterocycles. The van der Waals surface area contributed by atoms with E-state index in [1.165, 1.54) is 18.3 Å². The van der Waals surface area contributed by atoms with Crippen molar-refractivity contribution in [1.82, 2.24) is 4.98 Å². The van der Waals surface area contributed by atoms with Crippen LogP contribution in [0, 0.1) is 0 Å². The van der Waals surface area contributed by atoms with Crippen molar-refractivity contribution in [3.05, 3.63) is 29.6 Å². The van der Waals surface area contributed by atoms with Crippen LogP contribution in [0.15, 0.2) is 18.3 Å². The lowest BCUT2D eigenvalue weighted by Gasteiger charge is -2.04. The third-order valence-corrected chi connectivity index (χ3v) is 1.68. The smallest absolute Gasteiger partial charge is 0.337 e. The first kappa shape index (κ1) is 10.0. The molecule has 0 aliphatic carbocycles. The molecule has 1 rings (SSSR count). The summed E-state index contributed by atoms with van der Waals surface area (Å²) in [6.07, 6.45) is 2.06. The highest BCUT2D eigenvalue weighted by Gasteiger charge is 2.18. The molecule has 72 valence electrons. The molecule has 0 fully saturated rings. The molecule has 5 heteroatoms. The van der Waals surface area contributed by atoms with Gasteiger partial charge in [0.05, 0.1) is 11.3 Å². The number of nitrogens with zero attached hydrogens (tertiary/aromatic N) is 1. The number of hydrogen-bond donors (Lipinski definition) is 1. The van der Waals surface area contributed by atoms with Crippen molar-refractivity contribution in [3.63, 3.8) is 0 Å². The number of carboxylic acids is 1. The quantitative estimate of drug-likeness (QED) is 0.547. The fourth-order valence-corrected chi connectivity index (χ4v) is 1.02. The fraction of sp³-hybridized carbons (Fsp3) is 0.111. The van der Waals surface area contributed by atoms with Crippen molar-refractivity contribution in [2.75, 3.05) is 0 Å². The molecule has 0 amide bonds. The lowest BCUT2D eigenvalue weighted by molar-refractivity contribution is -0.116. The molecule has 0 spiro atoms. The Balaban J connectivity index is 3.24. The summed E-state index contributed by atoms with van der Waals surface area (Å²) in [7, 11) is 0. The highest BCUT2D eigenvalue weighted by Crippen LogP contribution is 2.13. The van der Waals surface area contributed by atoms with Crippen molar-refractivity contribution in [2.24, 2.45) is 0 Å². The molecule has 0 aromatic carbocycles. The van der Waals surface area contributed by atoms with Gasteiger partial charge in [-0.25, -0.2) is 4.79 Å². The largest absolute Gasteiger partial charge is 0.478 e. The van der Waals surface area contributed by atoms with Crippen LogP contribution in [-0.2, 0) is 9.59 Å². The van der Waals surface area contributed by atoms with Crippen LogP contribution in [0.1, 0.15) is 22.0 Å². The van der Waals surface area contributed by atoms with Gasteiger partial charge in [-0.2, -0.15) is 0 Å². The molecule has 14 heavy (non-hydrogen) atoms. The number of rotatable bonds is 4. The predicted octanol–water partition coefficient (Wildman–Crippen LogP) is 0.261. The summed E-state index contributed by atoms with van der Waals surface area (Å²) in [4.78, 5) is 35.3. The number of pyridine rings is 1. The minimum atomic E-state index is -1.21. The van der Waals surface area contributed by atoms with Gasteiger partial charge in [-0.3, -0.25) is 4.98 Å². The van der Waals surface area contributed by atoms with Gasteiger partial charge >= 0.3 is 5.97 Å². The van der Waals surface area contributed by atoms with E-state index in [0.29, 0.717) is 12.6 Å². The maximum Gasteiger partial charge on any atom is 0.337 e. The molecule has 0 atom stereocenters. The average Bonchev–Trinajstić information content (AvgIpc) is 2.20. The van der Waals surface area contributed by atoms with Crippen molar-refractivity contribution in [1.29, 1.82) is 0 Å². The van der Waals surface area contributed by atoms with E-state index < -0.39 is 11.9 Å². The normalized spacial score (nSPS) is 9.79. The number of carbonyl (C=O) groups excluding carboxylic acids is 2. The van der Waals surface area contributed by atoms with E-state index in [-0.39, 0.29) is 11.3 Å². The highest BCUT2D eigenvalue weighted by atomic mass is 16.4. The first-order valence-corrected chi connectivity index (χ1v) is 3.79. The Labute approximate surface area is 79.4 Å². The maximum absolute atomic E-state index is 10.7. The second-order valence-corrected chi connectivity index (χ2v) is 2.54. The van der Waals surface area contributed by atoms with Crippen LogP contribution < -0.4 is 0 Å². The van der Waals surface area contributed by atoms with Crippen molar-refractivity contribution < 1.29 is 19.5 Å². The lowest BCUT2D eigenvalue weighted by Crippen LogP contribution is -2.11. The van der Waals surface area contributed by atoms with Gasteiger partial charge in [0, 0.05) is 6.20 Å². The van der Waals surface area contributed by atoms with E-state index >= 15 is 0 Å². The first-order valence-electron chi connectivity index (χ1n) is 3.79. The second kappa shape index (κ2) is 4.27. The molecule has 5 nitrogen and oxygen atoms in total. The van der Waals surface area contributed by atoms with Crippen LogP contribution in [0.3, 0.4) is 0 Å². The van der Waals surface area contributed by atoms with Crippen LogP contribution in [0.4, 0.5) is 0 Å². The van der Waals surface area contributed by atoms with E-state index in [9.17, 15) is 14.4 Å². The molecule has 0 aliphatic rings. The van der Waals surface area contributed by atoms with Crippen LogP contribution in [0.5, 0.6) is 0 Å². The van der Waals surface area contributed by atoms with Crippen LogP contribution in [-0.4, -0.2) is 28.6 Å². The number of carboxylic acid groups (broad SMARTS) is 1. The number of aromatic nitrogens is 1. The van der Waals surface area contributed by atoms with E-state index in [2.05, 4.69) is 4.98 Å². The Morgan fingerprint density at radius 3 is 2.57 bits per heavy atom. The molecule has 0 aliphatic heterocycles. The topological polar surface area (TPSA) is 84.3 Å². The Bertz CT molecular complexity index is 367. The molecule has 0 bridgehead atoms. The van der Waals surface area contributed by atoms with Gasteiger partial charge in [0.15, 0.2) is 0 Å².